The van der Waals surface area contributed by atoms with Gasteiger partial charge in [0.05, 0.1) is 5.69 Å². The first kappa shape index (κ1) is 18.4. The normalized spacial score (nSPS) is 10.5. The van der Waals surface area contributed by atoms with Gasteiger partial charge >= 0.3 is 0 Å². The Morgan fingerprint density at radius 3 is 2.37 bits per heavy atom. The summed E-state index contributed by atoms with van der Waals surface area (Å²) in [5, 5.41) is 10.0. The lowest BCUT2D eigenvalue weighted by atomic mass is 10.1. The number of anilines is 2. The Kier molecular flexibility index (Phi) is 5.35. The highest BCUT2D eigenvalue weighted by Gasteiger charge is 2.17. The molecule has 0 spiro atoms. The van der Waals surface area contributed by atoms with Gasteiger partial charge in [0.15, 0.2) is 5.69 Å². The summed E-state index contributed by atoms with van der Waals surface area (Å²) in [4.78, 5) is 24.5. The van der Waals surface area contributed by atoms with Crippen molar-refractivity contribution in [3.05, 3.63) is 71.4 Å². The van der Waals surface area contributed by atoms with Gasteiger partial charge in [-0.15, -0.1) is 0 Å². The van der Waals surface area contributed by atoms with Crippen molar-refractivity contribution >= 4 is 23.3 Å². The molecule has 0 unspecified atom stereocenters. The molecule has 0 fully saturated rings. The average Bonchev–Trinajstić information content (AvgIpc) is 3.09. The van der Waals surface area contributed by atoms with Crippen LogP contribution in [-0.2, 0) is 4.79 Å². The zero-order chi connectivity index (χ0) is 19.4. The summed E-state index contributed by atoms with van der Waals surface area (Å²) in [6, 6.07) is 16.7. The molecule has 3 rings (SSSR count). The van der Waals surface area contributed by atoms with E-state index in [4.69, 9.17) is 0 Å². The lowest BCUT2D eigenvalue weighted by Gasteiger charge is -2.07. The third-order valence-electron chi connectivity index (χ3n) is 4.30. The van der Waals surface area contributed by atoms with E-state index in [1.54, 1.807) is 17.7 Å². The van der Waals surface area contributed by atoms with E-state index in [9.17, 15) is 9.59 Å². The van der Waals surface area contributed by atoms with Crippen molar-refractivity contribution in [3.8, 4) is 5.69 Å². The summed E-state index contributed by atoms with van der Waals surface area (Å²) < 4.78 is 1.56. The fraction of sp³-hybridized carbons (Fsp3) is 0.190. The van der Waals surface area contributed by atoms with E-state index in [-0.39, 0.29) is 17.5 Å². The number of aryl methyl sites for hydroxylation is 2. The molecule has 1 aromatic heterocycles. The number of hydrogen-bond donors (Lipinski definition) is 2. The van der Waals surface area contributed by atoms with Crippen LogP contribution in [0.3, 0.4) is 0 Å². The Labute approximate surface area is 158 Å². The molecule has 2 N–H and O–H groups in total. The number of aromatic nitrogens is 2. The van der Waals surface area contributed by atoms with Crippen molar-refractivity contribution < 1.29 is 9.59 Å². The van der Waals surface area contributed by atoms with Crippen LogP contribution in [0.5, 0.6) is 0 Å². The zero-order valence-electron chi connectivity index (χ0n) is 15.6. The molecule has 0 radical (unpaired) electrons. The summed E-state index contributed by atoms with van der Waals surface area (Å²) in [7, 11) is 0. The second kappa shape index (κ2) is 7.86. The van der Waals surface area contributed by atoms with Crippen LogP contribution in [-0.4, -0.2) is 21.6 Å². The Balaban J connectivity index is 1.91. The molecule has 6 nitrogen and oxygen atoms in total. The number of hydrogen-bond acceptors (Lipinski definition) is 3. The maximum Gasteiger partial charge on any atom is 0.276 e. The first-order valence-electron chi connectivity index (χ1n) is 8.82. The molecule has 2 aromatic carbocycles. The van der Waals surface area contributed by atoms with Crippen molar-refractivity contribution in [2.45, 2.75) is 27.2 Å². The van der Waals surface area contributed by atoms with Gasteiger partial charge in [-0.25, -0.2) is 4.68 Å². The van der Waals surface area contributed by atoms with Crippen LogP contribution >= 0.6 is 0 Å². The number of rotatable bonds is 5. The van der Waals surface area contributed by atoms with Gasteiger partial charge < -0.3 is 10.6 Å². The van der Waals surface area contributed by atoms with Crippen molar-refractivity contribution in [1.29, 1.82) is 0 Å². The summed E-state index contributed by atoms with van der Waals surface area (Å²) in [6.07, 6.45) is 0.337. The third-order valence-corrected chi connectivity index (χ3v) is 4.30. The molecule has 1 heterocycles. The molecule has 0 atom stereocenters. The molecule has 0 saturated carbocycles. The Hall–Kier alpha value is -3.41. The van der Waals surface area contributed by atoms with Gasteiger partial charge in [0, 0.05) is 18.2 Å². The first-order valence-corrected chi connectivity index (χ1v) is 8.82. The molecule has 0 bridgehead atoms. The third kappa shape index (κ3) is 4.23. The molecule has 27 heavy (non-hydrogen) atoms. The Morgan fingerprint density at radius 2 is 1.70 bits per heavy atom. The van der Waals surface area contributed by atoms with E-state index < -0.39 is 0 Å². The predicted octanol–water partition coefficient (Wildman–Crippen LogP) is 4.09. The highest BCUT2D eigenvalue weighted by molar-refractivity contribution is 6.04. The summed E-state index contributed by atoms with van der Waals surface area (Å²) >= 11 is 0. The number of benzene rings is 2. The minimum absolute atomic E-state index is 0.145. The van der Waals surface area contributed by atoms with Crippen molar-refractivity contribution in [2.24, 2.45) is 0 Å². The van der Waals surface area contributed by atoms with Gasteiger partial charge in [0.2, 0.25) is 5.91 Å². The van der Waals surface area contributed by atoms with Gasteiger partial charge in [0.1, 0.15) is 5.82 Å². The van der Waals surface area contributed by atoms with Gasteiger partial charge in [-0.2, -0.15) is 5.10 Å². The maximum atomic E-state index is 12.7. The van der Waals surface area contributed by atoms with E-state index in [1.807, 2.05) is 62.4 Å². The average molecular weight is 362 g/mol. The molecular formula is C21H22N4O2. The molecule has 0 aliphatic heterocycles. The first-order chi connectivity index (χ1) is 13.0. The van der Waals surface area contributed by atoms with E-state index in [1.165, 1.54) is 0 Å². The second-order valence-corrected chi connectivity index (χ2v) is 6.32. The summed E-state index contributed by atoms with van der Waals surface area (Å²) in [5.74, 6) is -0.0218. The van der Waals surface area contributed by atoms with Gasteiger partial charge in [-0.05, 0) is 49.2 Å². The Bertz CT molecular complexity index is 977. The molecule has 6 heteroatoms. The highest BCUT2D eigenvalue weighted by Crippen LogP contribution is 2.20. The number of nitrogens with one attached hydrogen (secondary N) is 2. The topological polar surface area (TPSA) is 76.0 Å². The number of carbonyl (C=O) groups is 2. The molecule has 0 aliphatic rings. The van der Waals surface area contributed by atoms with E-state index >= 15 is 0 Å². The van der Waals surface area contributed by atoms with Crippen LogP contribution in [0, 0.1) is 13.8 Å². The lowest BCUT2D eigenvalue weighted by molar-refractivity contribution is -0.115. The largest absolute Gasteiger partial charge is 0.321 e. The molecule has 3 aromatic rings. The summed E-state index contributed by atoms with van der Waals surface area (Å²) in [6.45, 7) is 5.78. The quantitative estimate of drug-likeness (QED) is 0.718. The van der Waals surface area contributed by atoms with Crippen LogP contribution < -0.4 is 10.6 Å². The van der Waals surface area contributed by atoms with Crippen LogP contribution in [0.25, 0.3) is 5.69 Å². The standard InChI is InChI=1S/C21H22N4O2/c1-4-20(26)23-19-13-18(24-25(19)17-8-6-5-7-9-17)21(27)22-16-11-10-14(2)15(3)12-16/h5-13H,4H2,1-3H3,(H,22,27)(H,23,26). The fourth-order valence-corrected chi connectivity index (χ4v) is 2.59. The van der Waals surface area contributed by atoms with E-state index in [0.29, 0.717) is 17.9 Å². The van der Waals surface area contributed by atoms with Crippen LogP contribution in [0.1, 0.15) is 35.0 Å². The van der Waals surface area contributed by atoms with E-state index in [0.717, 1.165) is 16.8 Å². The summed E-state index contributed by atoms with van der Waals surface area (Å²) in [5.41, 5.74) is 3.94. The van der Waals surface area contributed by atoms with Crippen molar-refractivity contribution in [3.63, 3.8) is 0 Å². The monoisotopic (exact) mass is 362 g/mol. The zero-order valence-corrected chi connectivity index (χ0v) is 15.6. The maximum absolute atomic E-state index is 12.7. The molecule has 138 valence electrons. The van der Waals surface area contributed by atoms with E-state index in [2.05, 4.69) is 15.7 Å². The lowest BCUT2D eigenvalue weighted by Crippen LogP contribution is -2.14. The minimum atomic E-state index is -0.333. The smallest absolute Gasteiger partial charge is 0.276 e. The molecular weight excluding hydrogens is 340 g/mol. The van der Waals surface area contributed by atoms with Crippen molar-refractivity contribution in [2.75, 3.05) is 10.6 Å². The molecule has 2 amide bonds. The number of para-hydroxylation sites is 1. The van der Waals surface area contributed by atoms with Crippen LogP contribution in [0.4, 0.5) is 11.5 Å². The number of amides is 2. The Morgan fingerprint density at radius 1 is 0.963 bits per heavy atom. The second-order valence-electron chi connectivity index (χ2n) is 6.32. The predicted molar refractivity (Wildman–Crippen MR) is 106 cm³/mol. The molecule has 0 aliphatic carbocycles. The van der Waals surface area contributed by atoms with Gasteiger partial charge in [-0.1, -0.05) is 31.2 Å². The van der Waals surface area contributed by atoms with Gasteiger partial charge in [-0.3, -0.25) is 9.59 Å². The minimum Gasteiger partial charge on any atom is -0.321 e. The van der Waals surface area contributed by atoms with Gasteiger partial charge in [0.25, 0.3) is 5.91 Å². The number of carbonyl (C=O) groups excluding carboxylic acids is 2. The fourth-order valence-electron chi connectivity index (χ4n) is 2.59. The SMILES string of the molecule is CCC(=O)Nc1cc(C(=O)Nc2ccc(C)c(C)c2)nn1-c1ccccc1. The van der Waals surface area contributed by atoms with Crippen molar-refractivity contribution in [1.82, 2.24) is 9.78 Å². The highest BCUT2D eigenvalue weighted by atomic mass is 16.2. The number of nitrogens with zero attached hydrogens (tertiary/aromatic N) is 2. The molecule has 0 saturated heterocycles. The van der Waals surface area contributed by atoms with Crippen LogP contribution in [0.2, 0.25) is 0 Å². The van der Waals surface area contributed by atoms with Crippen LogP contribution in [0.15, 0.2) is 54.6 Å².